The average Bonchev–Trinajstić information content (AvgIpc) is 2.03. The van der Waals surface area contributed by atoms with Crippen LogP contribution in [-0.2, 0) is 10.2 Å². The molecule has 2 N–H and O–H groups in total. The summed E-state index contributed by atoms with van der Waals surface area (Å²) < 4.78 is 27.4. The Hall–Kier alpha value is -0.170. The highest BCUT2D eigenvalue weighted by Crippen LogP contribution is 2.11. The van der Waals surface area contributed by atoms with Crippen LogP contribution in [0.3, 0.4) is 0 Å². The minimum Gasteiger partial charge on any atom is -0.391 e. The lowest BCUT2D eigenvalue weighted by molar-refractivity contribution is 0.110. The Bertz CT molecular complexity index is 282. The van der Waals surface area contributed by atoms with Gasteiger partial charge in [-0.05, 0) is 20.8 Å². The summed E-state index contributed by atoms with van der Waals surface area (Å²) in [5.41, 5.74) is -0.860. The van der Waals surface area contributed by atoms with E-state index in [4.69, 9.17) is 0 Å². The second-order valence-electron chi connectivity index (χ2n) is 4.09. The Kier molecular flexibility index (Phi) is 5.19. The largest absolute Gasteiger partial charge is 0.391 e. The zero-order chi connectivity index (χ0) is 12.3. The first-order valence-corrected chi connectivity index (χ1v) is 6.58. The molecule has 15 heavy (non-hydrogen) atoms. The topological polar surface area (TPSA) is 69.6 Å². The van der Waals surface area contributed by atoms with Crippen molar-refractivity contribution in [2.45, 2.75) is 46.3 Å². The maximum Gasteiger partial charge on any atom is 0.280 e. The monoisotopic (exact) mass is 238 g/mol. The minimum absolute atomic E-state index is 0.418. The first-order chi connectivity index (χ1) is 6.67. The third kappa shape index (κ3) is 4.06. The molecule has 0 spiro atoms. The third-order valence-corrected chi connectivity index (χ3v) is 4.46. The van der Waals surface area contributed by atoms with Gasteiger partial charge in [0.05, 0.1) is 11.6 Å². The highest BCUT2D eigenvalue weighted by molar-refractivity contribution is 7.87. The van der Waals surface area contributed by atoms with E-state index in [2.05, 4.69) is 4.72 Å². The van der Waals surface area contributed by atoms with Crippen molar-refractivity contribution in [1.82, 2.24) is 9.03 Å². The molecule has 0 aromatic heterocycles. The second-order valence-corrected chi connectivity index (χ2v) is 5.76. The lowest BCUT2D eigenvalue weighted by Crippen LogP contribution is -2.55. The Morgan fingerprint density at radius 3 is 2.00 bits per heavy atom. The smallest absolute Gasteiger partial charge is 0.280 e. The number of aliphatic hydroxyl groups is 1. The van der Waals surface area contributed by atoms with Crippen molar-refractivity contribution in [2.24, 2.45) is 0 Å². The lowest BCUT2D eigenvalue weighted by Gasteiger charge is -2.31. The molecule has 0 heterocycles. The molecule has 5 nitrogen and oxygen atoms in total. The molecule has 0 aliphatic heterocycles. The third-order valence-electron chi connectivity index (χ3n) is 2.48. The van der Waals surface area contributed by atoms with Crippen LogP contribution >= 0.6 is 0 Å². The van der Waals surface area contributed by atoms with Gasteiger partial charge in [0.15, 0.2) is 0 Å². The number of hydrogen-bond acceptors (Lipinski definition) is 3. The molecule has 1 unspecified atom stereocenters. The first kappa shape index (κ1) is 14.8. The number of rotatable bonds is 6. The first-order valence-electron chi connectivity index (χ1n) is 5.14. The van der Waals surface area contributed by atoms with E-state index >= 15 is 0 Å². The Morgan fingerprint density at radius 1 is 1.33 bits per heavy atom. The van der Waals surface area contributed by atoms with Crippen LogP contribution in [0.1, 0.15) is 34.6 Å². The lowest BCUT2D eigenvalue weighted by atomic mass is 10.0. The summed E-state index contributed by atoms with van der Waals surface area (Å²) in [6, 6.07) is 0. The summed E-state index contributed by atoms with van der Waals surface area (Å²) in [4.78, 5) is 0. The van der Waals surface area contributed by atoms with Gasteiger partial charge in [-0.2, -0.15) is 17.4 Å². The summed E-state index contributed by atoms with van der Waals surface area (Å²) >= 11 is 0. The van der Waals surface area contributed by atoms with Gasteiger partial charge in [0, 0.05) is 13.1 Å². The standard InChI is InChI=1S/C9H22N2O3S/c1-6-11(7-2)15(13,14)10-9(4,5)8(3)12/h8,10,12H,6-7H2,1-5H3. The fraction of sp³-hybridized carbons (Fsp3) is 1.00. The van der Waals surface area contributed by atoms with Gasteiger partial charge >= 0.3 is 0 Å². The van der Waals surface area contributed by atoms with Crippen molar-refractivity contribution in [3.05, 3.63) is 0 Å². The molecule has 0 fully saturated rings. The van der Waals surface area contributed by atoms with Crippen LogP contribution in [0.25, 0.3) is 0 Å². The molecule has 1 atom stereocenters. The zero-order valence-corrected chi connectivity index (χ0v) is 10.9. The van der Waals surface area contributed by atoms with Gasteiger partial charge in [-0.25, -0.2) is 0 Å². The summed E-state index contributed by atoms with van der Waals surface area (Å²) in [6.07, 6.45) is -0.747. The summed E-state index contributed by atoms with van der Waals surface area (Å²) in [5.74, 6) is 0. The highest BCUT2D eigenvalue weighted by atomic mass is 32.2. The van der Waals surface area contributed by atoms with Crippen molar-refractivity contribution < 1.29 is 13.5 Å². The van der Waals surface area contributed by atoms with Crippen LogP contribution in [0, 0.1) is 0 Å². The quantitative estimate of drug-likeness (QED) is 0.700. The molecule has 0 amide bonds. The molecule has 0 aliphatic carbocycles. The van der Waals surface area contributed by atoms with E-state index < -0.39 is 21.9 Å². The van der Waals surface area contributed by atoms with E-state index in [1.807, 2.05) is 0 Å². The molecule has 6 heteroatoms. The van der Waals surface area contributed by atoms with E-state index in [9.17, 15) is 13.5 Å². The maximum absolute atomic E-state index is 11.8. The summed E-state index contributed by atoms with van der Waals surface area (Å²) in [7, 11) is -3.50. The van der Waals surface area contributed by atoms with E-state index in [0.29, 0.717) is 13.1 Å². The molecule has 0 aromatic rings. The summed E-state index contributed by atoms with van der Waals surface area (Å²) in [6.45, 7) is 9.25. The van der Waals surface area contributed by atoms with E-state index in [1.54, 1.807) is 34.6 Å². The van der Waals surface area contributed by atoms with Crippen LogP contribution < -0.4 is 4.72 Å². The van der Waals surface area contributed by atoms with Crippen molar-refractivity contribution in [1.29, 1.82) is 0 Å². The number of nitrogens with one attached hydrogen (secondary N) is 1. The molecular formula is C9H22N2O3S. The average molecular weight is 238 g/mol. The molecule has 0 saturated heterocycles. The van der Waals surface area contributed by atoms with Crippen molar-refractivity contribution in [3.63, 3.8) is 0 Å². The minimum atomic E-state index is -3.50. The van der Waals surface area contributed by atoms with E-state index in [-0.39, 0.29) is 0 Å². The second kappa shape index (κ2) is 5.25. The summed E-state index contributed by atoms with van der Waals surface area (Å²) in [5, 5.41) is 9.43. The van der Waals surface area contributed by atoms with Gasteiger partial charge in [0.25, 0.3) is 10.2 Å². The van der Waals surface area contributed by atoms with Gasteiger partial charge < -0.3 is 5.11 Å². The van der Waals surface area contributed by atoms with Crippen molar-refractivity contribution in [2.75, 3.05) is 13.1 Å². The van der Waals surface area contributed by atoms with Crippen LogP contribution in [0.2, 0.25) is 0 Å². The molecule has 92 valence electrons. The van der Waals surface area contributed by atoms with Gasteiger partial charge in [0.1, 0.15) is 0 Å². The molecule has 0 aliphatic rings. The van der Waals surface area contributed by atoms with E-state index in [1.165, 1.54) is 4.31 Å². The fourth-order valence-electron chi connectivity index (χ4n) is 1.05. The van der Waals surface area contributed by atoms with Gasteiger partial charge in [-0.15, -0.1) is 0 Å². The van der Waals surface area contributed by atoms with Crippen molar-refractivity contribution >= 4 is 10.2 Å². The fourth-order valence-corrected chi connectivity index (χ4v) is 2.69. The SMILES string of the molecule is CCN(CC)S(=O)(=O)NC(C)(C)C(C)O. The molecule has 0 saturated carbocycles. The zero-order valence-electron chi connectivity index (χ0n) is 10.1. The van der Waals surface area contributed by atoms with Gasteiger partial charge in [0.2, 0.25) is 0 Å². The number of aliphatic hydroxyl groups excluding tert-OH is 1. The van der Waals surface area contributed by atoms with Gasteiger partial charge in [-0.1, -0.05) is 13.8 Å². The van der Waals surface area contributed by atoms with Gasteiger partial charge in [-0.3, -0.25) is 0 Å². The predicted molar refractivity (Wildman–Crippen MR) is 60.7 cm³/mol. The number of nitrogens with zero attached hydrogens (tertiary/aromatic N) is 1. The van der Waals surface area contributed by atoms with Crippen LogP contribution in [0.5, 0.6) is 0 Å². The van der Waals surface area contributed by atoms with Crippen molar-refractivity contribution in [3.8, 4) is 0 Å². The number of hydrogen-bond donors (Lipinski definition) is 2. The molecule has 0 aromatic carbocycles. The van der Waals surface area contributed by atoms with Crippen LogP contribution in [0.4, 0.5) is 0 Å². The van der Waals surface area contributed by atoms with Crippen LogP contribution in [-0.4, -0.2) is 42.6 Å². The molecule has 0 rings (SSSR count). The molecule has 0 bridgehead atoms. The molecule has 0 radical (unpaired) electrons. The Morgan fingerprint density at radius 2 is 1.73 bits per heavy atom. The Balaban J connectivity index is 4.79. The van der Waals surface area contributed by atoms with Crippen LogP contribution in [0.15, 0.2) is 0 Å². The predicted octanol–water partition coefficient (Wildman–Crippen LogP) is 0.322. The van der Waals surface area contributed by atoms with E-state index in [0.717, 1.165) is 0 Å². The molecular weight excluding hydrogens is 216 g/mol. The Labute approximate surface area is 92.7 Å². The highest BCUT2D eigenvalue weighted by Gasteiger charge is 2.31. The maximum atomic E-state index is 11.8. The normalized spacial score (nSPS) is 15.7.